The summed E-state index contributed by atoms with van der Waals surface area (Å²) < 4.78 is 19.0. The van der Waals surface area contributed by atoms with Crippen LogP contribution in [0.2, 0.25) is 5.02 Å². The molecule has 2 N–H and O–H groups in total. The van der Waals surface area contributed by atoms with Crippen molar-refractivity contribution in [2.45, 2.75) is 51.7 Å². The average Bonchev–Trinajstić information content (AvgIpc) is 2.60. The highest BCUT2D eigenvalue weighted by molar-refractivity contribution is 6.33. The summed E-state index contributed by atoms with van der Waals surface area (Å²) in [6, 6.07) is 3.93. The second-order valence-electron chi connectivity index (χ2n) is 7.90. The quantitative estimate of drug-likeness (QED) is 0.755. The molecule has 1 aliphatic rings. The molecule has 2 rings (SSSR count). The number of nitrogens with one attached hydrogen (secondary N) is 2. The highest BCUT2D eigenvalue weighted by Gasteiger charge is 2.25. The van der Waals surface area contributed by atoms with E-state index in [0.29, 0.717) is 25.9 Å². The number of likely N-dealkylation sites (tertiary alicyclic amines) is 1. The second kappa shape index (κ2) is 9.91. The number of carbonyl (C=O) groups is 3. The van der Waals surface area contributed by atoms with Gasteiger partial charge in [0.15, 0.2) is 0 Å². The van der Waals surface area contributed by atoms with Crippen LogP contribution in [0.5, 0.6) is 0 Å². The summed E-state index contributed by atoms with van der Waals surface area (Å²) in [4.78, 5) is 37.9. The molecule has 0 saturated carbocycles. The zero-order valence-electron chi connectivity index (χ0n) is 16.9. The Balaban J connectivity index is 1.74. The van der Waals surface area contributed by atoms with Crippen LogP contribution in [0.25, 0.3) is 0 Å². The van der Waals surface area contributed by atoms with Crippen molar-refractivity contribution < 1.29 is 23.5 Å². The lowest BCUT2D eigenvalue weighted by molar-refractivity contribution is -0.132. The van der Waals surface area contributed by atoms with Crippen molar-refractivity contribution in [2.75, 3.05) is 19.6 Å². The Hall–Kier alpha value is -2.35. The van der Waals surface area contributed by atoms with Gasteiger partial charge in [0.25, 0.3) is 5.91 Å². The van der Waals surface area contributed by atoms with Crippen molar-refractivity contribution in [1.29, 1.82) is 0 Å². The van der Waals surface area contributed by atoms with Crippen molar-refractivity contribution in [3.05, 3.63) is 34.6 Å². The number of ether oxygens (including phenoxy) is 1. The minimum Gasteiger partial charge on any atom is -0.444 e. The third kappa shape index (κ3) is 7.20. The second-order valence-corrected chi connectivity index (χ2v) is 8.31. The lowest BCUT2D eigenvalue weighted by Crippen LogP contribution is -2.47. The van der Waals surface area contributed by atoms with Gasteiger partial charge < -0.3 is 20.3 Å². The first-order valence-electron chi connectivity index (χ1n) is 9.56. The Morgan fingerprint density at radius 3 is 2.48 bits per heavy atom. The van der Waals surface area contributed by atoms with Gasteiger partial charge in [-0.25, -0.2) is 9.18 Å². The molecule has 1 aromatic carbocycles. The molecule has 0 aromatic heterocycles. The van der Waals surface area contributed by atoms with Crippen molar-refractivity contribution in [1.82, 2.24) is 15.5 Å². The van der Waals surface area contributed by atoms with Crippen molar-refractivity contribution in [3.8, 4) is 0 Å². The molecule has 1 aromatic rings. The number of hydrogen-bond donors (Lipinski definition) is 2. The van der Waals surface area contributed by atoms with Crippen LogP contribution in [0, 0.1) is 5.82 Å². The van der Waals surface area contributed by atoms with Crippen molar-refractivity contribution >= 4 is 29.5 Å². The van der Waals surface area contributed by atoms with E-state index in [-0.39, 0.29) is 35.5 Å². The van der Waals surface area contributed by atoms with Gasteiger partial charge in [0.2, 0.25) is 5.91 Å². The van der Waals surface area contributed by atoms with E-state index < -0.39 is 23.4 Å². The smallest absolute Gasteiger partial charge is 0.407 e. The summed E-state index contributed by atoms with van der Waals surface area (Å²) in [7, 11) is 0. The fourth-order valence-electron chi connectivity index (χ4n) is 2.99. The van der Waals surface area contributed by atoms with Crippen LogP contribution in [0.4, 0.5) is 9.18 Å². The van der Waals surface area contributed by atoms with Gasteiger partial charge in [-0.3, -0.25) is 9.59 Å². The normalized spacial score (nSPS) is 15.0. The van der Waals surface area contributed by atoms with E-state index in [0.717, 1.165) is 0 Å². The van der Waals surface area contributed by atoms with Crippen molar-refractivity contribution in [2.24, 2.45) is 0 Å². The van der Waals surface area contributed by atoms with Gasteiger partial charge in [0.1, 0.15) is 11.4 Å². The first-order valence-corrected chi connectivity index (χ1v) is 9.94. The molecule has 3 amide bonds. The molecule has 1 aliphatic heterocycles. The first-order chi connectivity index (χ1) is 13.6. The number of hydrogen-bond acceptors (Lipinski definition) is 4. The van der Waals surface area contributed by atoms with Crippen LogP contribution < -0.4 is 10.6 Å². The van der Waals surface area contributed by atoms with Gasteiger partial charge in [-0.15, -0.1) is 0 Å². The highest BCUT2D eigenvalue weighted by Crippen LogP contribution is 2.20. The SMILES string of the molecule is CC(C)(C)OC(=O)NCCC(=O)N1CCC(NC(=O)c2c(F)cccc2Cl)CC1. The molecular weight excluding hydrogens is 401 g/mol. The van der Waals surface area contributed by atoms with Crippen LogP contribution in [0.15, 0.2) is 18.2 Å². The molecule has 0 aliphatic carbocycles. The largest absolute Gasteiger partial charge is 0.444 e. The molecule has 29 heavy (non-hydrogen) atoms. The molecule has 7 nitrogen and oxygen atoms in total. The predicted octanol–water partition coefficient (Wildman–Crippen LogP) is 3.11. The minimum absolute atomic E-state index is 0.0626. The van der Waals surface area contributed by atoms with Crippen LogP contribution in [0.1, 0.15) is 50.4 Å². The lowest BCUT2D eigenvalue weighted by Gasteiger charge is -2.32. The van der Waals surface area contributed by atoms with Gasteiger partial charge in [0.05, 0.1) is 10.6 Å². The number of rotatable bonds is 5. The average molecular weight is 428 g/mol. The molecular formula is C20H27ClFN3O4. The molecule has 0 radical (unpaired) electrons. The zero-order chi connectivity index (χ0) is 21.6. The Bertz CT molecular complexity index is 738. The van der Waals surface area contributed by atoms with Crippen LogP contribution in [0.3, 0.4) is 0 Å². The summed E-state index contributed by atoms with van der Waals surface area (Å²) in [6.45, 7) is 6.43. The number of amides is 3. The summed E-state index contributed by atoms with van der Waals surface area (Å²) >= 11 is 5.92. The third-order valence-electron chi connectivity index (χ3n) is 4.38. The summed E-state index contributed by atoms with van der Waals surface area (Å²) in [5.41, 5.74) is -0.756. The topological polar surface area (TPSA) is 87.7 Å². The fourth-order valence-corrected chi connectivity index (χ4v) is 3.24. The Morgan fingerprint density at radius 1 is 1.24 bits per heavy atom. The molecule has 1 heterocycles. The first kappa shape index (κ1) is 22.9. The molecule has 1 fully saturated rings. The van der Waals surface area contributed by atoms with E-state index in [1.54, 1.807) is 25.7 Å². The minimum atomic E-state index is -0.667. The molecule has 0 spiro atoms. The molecule has 9 heteroatoms. The number of benzene rings is 1. The van der Waals surface area contributed by atoms with Crippen molar-refractivity contribution in [3.63, 3.8) is 0 Å². The van der Waals surface area contributed by atoms with Crippen LogP contribution >= 0.6 is 11.6 Å². The fraction of sp³-hybridized carbons (Fsp3) is 0.550. The zero-order valence-corrected chi connectivity index (χ0v) is 17.6. The van der Waals surface area contributed by atoms with E-state index in [4.69, 9.17) is 16.3 Å². The Morgan fingerprint density at radius 2 is 1.90 bits per heavy atom. The monoisotopic (exact) mass is 427 g/mol. The number of carbonyl (C=O) groups excluding carboxylic acids is 3. The maximum absolute atomic E-state index is 13.9. The van der Waals surface area contributed by atoms with E-state index in [2.05, 4.69) is 10.6 Å². The van der Waals surface area contributed by atoms with Crippen LogP contribution in [-0.2, 0) is 9.53 Å². The number of nitrogens with zero attached hydrogens (tertiary/aromatic N) is 1. The number of halogens is 2. The third-order valence-corrected chi connectivity index (χ3v) is 4.69. The van der Waals surface area contributed by atoms with Gasteiger partial charge >= 0.3 is 6.09 Å². The van der Waals surface area contributed by atoms with E-state index in [1.165, 1.54) is 18.2 Å². The number of piperidine rings is 1. The van der Waals surface area contributed by atoms with Gasteiger partial charge in [-0.2, -0.15) is 0 Å². The lowest BCUT2D eigenvalue weighted by atomic mass is 10.0. The maximum atomic E-state index is 13.9. The summed E-state index contributed by atoms with van der Waals surface area (Å²) in [5, 5.41) is 5.40. The molecule has 160 valence electrons. The number of alkyl carbamates (subject to hydrolysis) is 1. The maximum Gasteiger partial charge on any atom is 0.407 e. The Kier molecular flexibility index (Phi) is 7.84. The Labute approximate surface area is 174 Å². The molecule has 0 unspecified atom stereocenters. The predicted molar refractivity (Wildman–Crippen MR) is 107 cm³/mol. The van der Waals surface area contributed by atoms with Crippen LogP contribution in [-0.4, -0.2) is 54.1 Å². The van der Waals surface area contributed by atoms with Gasteiger partial charge in [-0.1, -0.05) is 17.7 Å². The van der Waals surface area contributed by atoms with Gasteiger partial charge in [0, 0.05) is 32.1 Å². The molecule has 1 saturated heterocycles. The molecule has 0 atom stereocenters. The summed E-state index contributed by atoms with van der Waals surface area (Å²) in [5.74, 6) is -1.30. The van der Waals surface area contributed by atoms with E-state index in [1.807, 2.05) is 0 Å². The van der Waals surface area contributed by atoms with E-state index >= 15 is 0 Å². The summed E-state index contributed by atoms with van der Waals surface area (Å²) in [6.07, 6.45) is 0.728. The molecule has 0 bridgehead atoms. The highest BCUT2D eigenvalue weighted by atomic mass is 35.5. The van der Waals surface area contributed by atoms with Gasteiger partial charge in [-0.05, 0) is 45.7 Å². The standard InChI is InChI=1S/C20H27ClFN3O4/c1-20(2,3)29-19(28)23-10-7-16(26)25-11-8-13(9-12-25)24-18(27)17-14(21)5-4-6-15(17)22/h4-6,13H,7-12H2,1-3H3,(H,23,28)(H,24,27). The van der Waals surface area contributed by atoms with E-state index in [9.17, 15) is 18.8 Å².